The number of benzene rings is 1. The highest BCUT2D eigenvalue weighted by molar-refractivity contribution is 5.98. The van der Waals surface area contributed by atoms with Crippen LogP contribution in [-0.2, 0) is 18.4 Å². The molecule has 1 fully saturated rings. The van der Waals surface area contributed by atoms with Crippen molar-refractivity contribution in [1.82, 2.24) is 15.1 Å². The van der Waals surface area contributed by atoms with E-state index in [1.807, 2.05) is 13.2 Å². The molecule has 0 saturated heterocycles. The second-order valence-corrected chi connectivity index (χ2v) is 6.73. The van der Waals surface area contributed by atoms with Crippen LogP contribution in [0.3, 0.4) is 0 Å². The number of hydrogen-bond donors (Lipinski definition) is 2. The standard InChI is InChI=1S/C19H23N3O5/c1-22-11-13(10-20-22)12-27-15-6-5-14(9-16(15)26-2)17(23)21-19(18(24)25)7-3-4-8-19/h5-6,9-11H,3-4,7-8,12H2,1-2H3,(H,21,23)(H,24,25). The van der Waals surface area contributed by atoms with Gasteiger partial charge in [-0.25, -0.2) is 4.79 Å². The summed E-state index contributed by atoms with van der Waals surface area (Å²) in [5.41, 5.74) is 0.0545. The van der Waals surface area contributed by atoms with E-state index < -0.39 is 17.4 Å². The Kier molecular flexibility index (Phi) is 5.34. The zero-order valence-corrected chi connectivity index (χ0v) is 15.4. The zero-order chi connectivity index (χ0) is 19.4. The molecule has 2 N–H and O–H groups in total. The molecule has 0 aliphatic heterocycles. The Balaban J connectivity index is 1.72. The van der Waals surface area contributed by atoms with Crippen LogP contribution in [0.25, 0.3) is 0 Å². The van der Waals surface area contributed by atoms with E-state index in [0.717, 1.165) is 18.4 Å². The minimum atomic E-state index is -1.18. The molecule has 8 heteroatoms. The van der Waals surface area contributed by atoms with E-state index >= 15 is 0 Å². The molecule has 3 rings (SSSR count). The van der Waals surface area contributed by atoms with Crippen molar-refractivity contribution in [2.75, 3.05) is 7.11 Å². The lowest BCUT2D eigenvalue weighted by molar-refractivity contribution is -0.144. The third-order valence-corrected chi connectivity index (χ3v) is 4.80. The fourth-order valence-corrected chi connectivity index (χ4v) is 3.30. The Morgan fingerprint density at radius 3 is 2.63 bits per heavy atom. The van der Waals surface area contributed by atoms with Gasteiger partial charge in [0.1, 0.15) is 12.1 Å². The molecule has 0 atom stereocenters. The van der Waals surface area contributed by atoms with E-state index in [1.165, 1.54) is 7.11 Å². The fraction of sp³-hybridized carbons (Fsp3) is 0.421. The SMILES string of the molecule is COc1cc(C(=O)NC2(C(=O)O)CCCC2)ccc1OCc1cnn(C)c1. The summed E-state index contributed by atoms with van der Waals surface area (Å²) in [6.07, 6.45) is 6.02. The van der Waals surface area contributed by atoms with Gasteiger partial charge in [-0.2, -0.15) is 5.10 Å². The van der Waals surface area contributed by atoms with E-state index in [-0.39, 0.29) is 0 Å². The molecular formula is C19H23N3O5. The quantitative estimate of drug-likeness (QED) is 0.771. The number of aromatic nitrogens is 2. The monoisotopic (exact) mass is 373 g/mol. The maximum Gasteiger partial charge on any atom is 0.329 e. The van der Waals surface area contributed by atoms with Crippen molar-refractivity contribution in [1.29, 1.82) is 0 Å². The summed E-state index contributed by atoms with van der Waals surface area (Å²) in [6.45, 7) is 0.317. The number of rotatable bonds is 7. The Labute approximate surface area is 157 Å². The molecule has 1 saturated carbocycles. The molecule has 2 aromatic rings. The summed E-state index contributed by atoms with van der Waals surface area (Å²) < 4.78 is 12.8. The number of aliphatic carboxylic acids is 1. The third-order valence-electron chi connectivity index (χ3n) is 4.80. The molecule has 0 bridgehead atoms. The number of nitrogens with one attached hydrogen (secondary N) is 1. The third kappa shape index (κ3) is 4.05. The first-order valence-corrected chi connectivity index (χ1v) is 8.78. The Hall–Kier alpha value is -3.03. The number of nitrogens with zero attached hydrogens (tertiary/aromatic N) is 2. The van der Waals surface area contributed by atoms with E-state index in [1.54, 1.807) is 29.1 Å². The smallest absolute Gasteiger partial charge is 0.329 e. The number of carboxylic acid groups (broad SMARTS) is 1. The van der Waals surface area contributed by atoms with Crippen molar-refractivity contribution in [3.8, 4) is 11.5 Å². The molecule has 1 aromatic heterocycles. The number of hydrogen-bond acceptors (Lipinski definition) is 5. The maximum absolute atomic E-state index is 12.6. The van der Waals surface area contributed by atoms with Crippen LogP contribution in [0.5, 0.6) is 11.5 Å². The van der Waals surface area contributed by atoms with Gasteiger partial charge in [-0.05, 0) is 31.0 Å². The van der Waals surface area contributed by atoms with Gasteiger partial charge >= 0.3 is 5.97 Å². The van der Waals surface area contributed by atoms with E-state index in [0.29, 0.717) is 36.5 Å². The van der Waals surface area contributed by atoms with Crippen LogP contribution in [0, 0.1) is 0 Å². The second-order valence-electron chi connectivity index (χ2n) is 6.73. The molecule has 1 aliphatic carbocycles. The molecular weight excluding hydrogens is 350 g/mol. The number of amides is 1. The van der Waals surface area contributed by atoms with Gasteiger partial charge in [0, 0.05) is 24.4 Å². The van der Waals surface area contributed by atoms with Gasteiger partial charge in [0.25, 0.3) is 5.91 Å². The summed E-state index contributed by atoms with van der Waals surface area (Å²) in [7, 11) is 3.31. The molecule has 8 nitrogen and oxygen atoms in total. The Morgan fingerprint density at radius 1 is 1.30 bits per heavy atom. The highest BCUT2D eigenvalue weighted by atomic mass is 16.5. The van der Waals surface area contributed by atoms with Crippen LogP contribution in [0.15, 0.2) is 30.6 Å². The molecule has 0 spiro atoms. The van der Waals surface area contributed by atoms with Crippen LogP contribution >= 0.6 is 0 Å². The molecule has 1 aliphatic rings. The zero-order valence-electron chi connectivity index (χ0n) is 15.4. The summed E-state index contributed by atoms with van der Waals surface area (Å²) in [5, 5.41) is 16.3. The van der Waals surface area contributed by atoms with Gasteiger partial charge in [0.15, 0.2) is 11.5 Å². The lowest BCUT2D eigenvalue weighted by atomic mass is 9.97. The number of ether oxygens (including phenoxy) is 2. The molecule has 0 radical (unpaired) electrons. The highest BCUT2D eigenvalue weighted by Gasteiger charge is 2.42. The van der Waals surface area contributed by atoms with Gasteiger partial charge in [-0.3, -0.25) is 9.48 Å². The van der Waals surface area contributed by atoms with E-state index in [2.05, 4.69) is 10.4 Å². The highest BCUT2D eigenvalue weighted by Crippen LogP contribution is 2.32. The van der Waals surface area contributed by atoms with Gasteiger partial charge < -0.3 is 19.9 Å². The Morgan fingerprint density at radius 2 is 2.04 bits per heavy atom. The lowest BCUT2D eigenvalue weighted by Crippen LogP contribution is -2.52. The van der Waals surface area contributed by atoms with Crippen molar-refractivity contribution in [2.24, 2.45) is 7.05 Å². The number of carboxylic acids is 1. The van der Waals surface area contributed by atoms with Crippen molar-refractivity contribution in [3.63, 3.8) is 0 Å². The normalized spacial score (nSPS) is 15.3. The van der Waals surface area contributed by atoms with Crippen LogP contribution in [0.4, 0.5) is 0 Å². The summed E-state index contributed by atoms with van der Waals surface area (Å²) in [6, 6.07) is 4.80. The first kappa shape index (κ1) is 18.8. The molecule has 1 aromatic carbocycles. The summed E-state index contributed by atoms with van der Waals surface area (Å²) in [4.78, 5) is 24.2. The molecule has 27 heavy (non-hydrogen) atoms. The summed E-state index contributed by atoms with van der Waals surface area (Å²) in [5.74, 6) is -0.526. The number of carbonyl (C=O) groups is 2. The average Bonchev–Trinajstić information content (AvgIpc) is 3.29. The minimum absolute atomic E-state index is 0.317. The van der Waals surface area contributed by atoms with E-state index in [9.17, 15) is 14.7 Å². The summed E-state index contributed by atoms with van der Waals surface area (Å²) >= 11 is 0. The van der Waals surface area contributed by atoms with Gasteiger partial charge in [0.2, 0.25) is 0 Å². The average molecular weight is 373 g/mol. The lowest BCUT2D eigenvalue weighted by Gasteiger charge is -2.25. The number of carbonyl (C=O) groups excluding carboxylic acids is 1. The molecule has 1 heterocycles. The number of methoxy groups -OCH3 is 1. The predicted octanol–water partition coefficient (Wildman–Crippen LogP) is 2.13. The van der Waals surface area contributed by atoms with Crippen LogP contribution in [-0.4, -0.2) is 39.4 Å². The van der Waals surface area contributed by atoms with Gasteiger partial charge in [0.05, 0.1) is 13.3 Å². The first-order valence-electron chi connectivity index (χ1n) is 8.78. The minimum Gasteiger partial charge on any atom is -0.493 e. The van der Waals surface area contributed by atoms with E-state index in [4.69, 9.17) is 9.47 Å². The predicted molar refractivity (Wildman–Crippen MR) is 96.8 cm³/mol. The van der Waals surface area contributed by atoms with Crippen molar-refractivity contribution >= 4 is 11.9 Å². The van der Waals surface area contributed by atoms with Gasteiger partial charge in [-0.1, -0.05) is 12.8 Å². The Bertz CT molecular complexity index is 840. The topological polar surface area (TPSA) is 103 Å². The number of aryl methyl sites for hydroxylation is 1. The van der Waals surface area contributed by atoms with Crippen molar-refractivity contribution in [3.05, 3.63) is 41.7 Å². The van der Waals surface area contributed by atoms with Crippen LogP contribution in [0.1, 0.15) is 41.6 Å². The fourth-order valence-electron chi connectivity index (χ4n) is 3.30. The van der Waals surface area contributed by atoms with Crippen LogP contribution < -0.4 is 14.8 Å². The first-order chi connectivity index (χ1) is 12.9. The van der Waals surface area contributed by atoms with Crippen LogP contribution in [0.2, 0.25) is 0 Å². The van der Waals surface area contributed by atoms with Crippen molar-refractivity contribution < 1.29 is 24.2 Å². The maximum atomic E-state index is 12.6. The van der Waals surface area contributed by atoms with Crippen molar-refractivity contribution in [2.45, 2.75) is 37.8 Å². The molecule has 0 unspecified atom stereocenters. The molecule has 1 amide bonds. The second kappa shape index (κ2) is 7.69. The largest absolute Gasteiger partial charge is 0.493 e. The molecule has 144 valence electrons. The van der Waals surface area contributed by atoms with Gasteiger partial charge in [-0.15, -0.1) is 0 Å².